The van der Waals surface area contributed by atoms with Gasteiger partial charge in [-0.2, -0.15) is 0 Å². The molecule has 0 radical (unpaired) electrons. The lowest BCUT2D eigenvalue weighted by Crippen LogP contribution is -2.48. The number of aryl methyl sites for hydroxylation is 1. The zero-order valence-electron chi connectivity index (χ0n) is 14.0. The highest BCUT2D eigenvalue weighted by Crippen LogP contribution is 2.39. The molecule has 1 atom stereocenters. The molecule has 1 aromatic rings. The third-order valence-electron chi connectivity index (χ3n) is 5.15. The Kier molecular flexibility index (Phi) is 5.34. The summed E-state index contributed by atoms with van der Waals surface area (Å²) in [5, 5.41) is 3.14. The summed E-state index contributed by atoms with van der Waals surface area (Å²) < 4.78 is 10.8. The van der Waals surface area contributed by atoms with Crippen LogP contribution in [0.2, 0.25) is 0 Å². The molecule has 1 heterocycles. The van der Waals surface area contributed by atoms with Gasteiger partial charge in [0.2, 0.25) is 0 Å². The summed E-state index contributed by atoms with van der Waals surface area (Å²) in [5.74, 6) is -0.0395. The normalized spacial score (nSPS) is 24.1. The topological polar surface area (TPSA) is 47.6 Å². The van der Waals surface area contributed by atoms with Gasteiger partial charge < -0.3 is 14.8 Å². The molecular weight excluding hydrogens is 290 g/mol. The lowest BCUT2D eigenvalue weighted by Gasteiger charge is -2.38. The summed E-state index contributed by atoms with van der Waals surface area (Å²) in [6.45, 7) is 4.27. The van der Waals surface area contributed by atoms with E-state index in [0.29, 0.717) is 26.4 Å². The zero-order chi connectivity index (χ0) is 16.1. The van der Waals surface area contributed by atoms with Gasteiger partial charge >= 0.3 is 0 Å². The van der Waals surface area contributed by atoms with E-state index in [-0.39, 0.29) is 11.3 Å². The second kappa shape index (κ2) is 7.45. The first-order valence-corrected chi connectivity index (χ1v) is 8.74. The quantitative estimate of drug-likeness (QED) is 0.929. The number of carbonyl (C=O) groups excluding carboxylic acids is 1. The molecule has 1 N–H and O–H groups in total. The van der Waals surface area contributed by atoms with Gasteiger partial charge in [-0.25, -0.2) is 0 Å². The molecule has 1 aromatic carbocycles. The third-order valence-corrected chi connectivity index (χ3v) is 5.15. The van der Waals surface area contributed by atoms with Gasteiger partial charge in [0.25, 0.3) is 5.91 Å². The molecule has 1 aliphatic heterocycles. The van der Waals surface area contributed by atoms with E-state index in [1.165, 1.54) is 30.4 Å². The summed E-state index contributed by atoms with van der Waals surface area (Å²) in [6, 6.07) is 8.75. The van der Waals surface area contributed by atoms with Crippen LogP contribution in [0.1, 0.15) is 43.2 Å². The van der Waals surface area contributed by atoms with Crippen molar-refractivity contribution < 1.29 is 14.3 Å². The van der Waals surface area contributed by atoms with Gasteiger partial charge in [-0.05, 0) is 25.3 Å². The van der Waals surface area contributed by atoms with Gasteiger partial charge in [0.1, 0.15) is 0 Å². The van der Waals surface area contributed by atoms with Crippen LogP contribution in [0.25, 0.3) is 0 Å². The molecule has 0 aromatic heterocycles. The molecule has 1 unspecified atom stereocenters. The van der Waals surface area contributed by atoms with E-state index >= 15 is 0 Å². The number of carbonyl (C=O) groups is 1. The Balaban J connectivity index is 1.70. The Bertz CT molecular complexity index is 531. The number of rotatable bonds is 4. The zero-order valence-corrected chi connectivity index (χ0v) is 14.0. The van der Waals surface area contributed by atoms with Crippen molar-refractivity contribution >= 4 is 5.91 Å². The number of benzene rings is 1. The van der Waals surface area contributed by atoms with Crippen molar-refractivity contribution in [2.45, 2.75) is 50.5 Å². The largest absolute Gasteiger partial charge is 0.376 e. The van der Waals surface area contributed by atoms with Gasteiger partial charge in [-0.15, -0.1) is 0 Å². The smallest absolute Gasteiger partial charge is 0.251 e. The lowest BCUT2D eigenvalue weighted by atomic mass is 9.69. The monoisotopic (exact) mass is 317 g/mol. The number of ether oxygens (including phenoxy) is 2. The first kappa shape index (κ1) is 16.5. The molecule has 4 nitrogen and oxygen atoms in total. The second-order valence-corrected chi connectivity index (χ2v) is 6.86. The van der Waals surface area contributed by atoms with Crippen molar-refractivity contribution in [2.24, 2.45) is 0 Å². The molecular formula is C19H27NO3. The minimum absolute atomic E-state index is 0.0395. The van der Waals surface area contributed by atoms with Crippen LogP contribution in [-0.4, -0.2) is 38.4 Å². The first-order valence-electron chi connectivity index (χ1n) is 8.74. The fraction of sp³-hybridized carbons (Fsp3) is 0.632. The van der Waals surface area contributed by atoms with Crippen molar-refractivity contribution in [1.82, 2.24) is 5.32 Å². The maximum absolute atomic E-state index is 12.4. The van der Waals surface area contributed by atoms with E-state index in [0.717, 1.165) is 12.8 Å². The Morgan fingerprint density at radius 1 is 1.26 bits per heavy atom. The SMILES string of the molecule is Cc1cccc(C2(CNC(=O)C3COCCO3)CCCCC2)c1. The summed E-state index contributed by atoms with van der Waals surface area (Å²) >= 11 is 0. The van der Waals surface area contributed by atoms with E-state index in [1.54, 1.807) is 0 Å². The van der Waals surface area contributed by atoms with Crippen LogP contribution in [0, 0.1) is 6.92 Å². The van der Waals surface area contributed by atoms with E-state index in [9.17, 15) is 4.79 Å². The Labute approximate surface area is 138 Å². The molecule has 0 bridgehead atoms. The molecule has 126 valence electrons. The fourth-order valence-electron chi connectivity index (χ4n) is 3.78. The van der Waals surface area contributed by atoms with Crippen LogP contribution in [0.15, 0.2) is 24.3 Å². The van der Waals surface area contributed by atoms with Crippen molar-refractivity contribution in [3.05, 3.63) is 35.4 Å². The molecule has 0 spiro atoms. The van der Waals surface area contributed by atoms with Crippen molar-refractivity contribution in [3.63, 3.8) is 0 Å². The molecule has 4 heteroatoms. The van der Waals surface area contributed by atoms with E-state index in [1.807, 2.05) is 0 Å². The Hall–Kier alpha value is -1.39. The average molecular weight is 317 g/mol. The number of amides is 1. The lowest BCUT2D eigenvalue weighted by molar-refractivity contribution is -0.147. The molecule has 2 fully saturated rings. The molecule has 1 aliphatic carbocycles. The van der Waals surface area contributed by atoms with E-state index in [4.69, 9.17) is 9.47 Å². The summed E-state index contributed by atoms with van der Waals surface area (Å²) in [6.07, 6.45) is 5.57. The first-order chi connectivity index (χ1) is 11.2. The molecule has 1 saturated heterocycles. The maximum atomic E-state index is 12.4. The standard InChI is InChI=1S/C19H27NO3/c1-15-6-5-7-16(12-15)19(8-3-2-4-9-19)14-20-18(21)17-13-22-10-11-23-17/h5-7,12,17H,2-4,8-11,13-14H2,1H3,(H,20,21). The van der Waals surface area contributed by atoms with Crippen molar-refractivity contribution in [2.75, 3.05) is 26.4 Å². The van der Waals surface area contributed by atoms with Crippen molar-refractivity contribution in [1.29, 1.82) is 0 Å². The Morgan fingerprint density at radius 2 is 2.09 bits per heavy atom. The van der Waals surface area contributed by atoms with Crippen LogP contribution < -0.4 is 5.32 Å². The highest BCUT2D eigenvalue weighted by Gasteiger charge is 2.35. The molecule has 1 amide bonds. The minimum Gasteiger partial charge on any atom is -0.376 e. The van der Waals surface area contributed by atoms with E-state index < -0.39 is 6.10 Å². The third kappa shape index (κ3) is 3.93. The van der Waals surface area contributed by atoms with Gasteiger partial charge in [0.05, 0.1) is 19.8 Å². The van der Waals surface area contributed by atoms with Crippen LogP contribution in [0.4, 0.5) is 0 Å². The molecule has 23 heavy (non-hydrogen) atoms. The van der Waals surface area contributed by atoms with Crippen LogP contribution in [0.3, 0.4) is 0 Å². The molecule has 3 rings (SSSR count). The average Bonchev–Trinajstić information content (AvgIpc) is 2.61. The highest BCUT2D eigenvalue weighted by atomic mass is 16.6. The van der Waals surface area contributed by atoms with Gasteiger partial charge in [0.15, 0.2) is 6.10 Å². The summed E-state index contributed by atoms with van der Waals surface area (Å²) in [4.78, 5) is 12.4. The molecule has 1 saturated carbocycles. The van der Waals surface area contributed by atoms with Gasteiger partial charge in [-0.3, -0.25) is 4.79 Å². The maximum Gasteiger partial charge on any atom is 0.251 e. The minimum atomic E-state index is -0.457. The summed E-state index contributed by atoms with van der Waals surface area (Å²) in [7, 11) is 0. The Morgan fingerprint density at radius 3 is 2.78 bits per heavy atom. The summed E-state index contributed by atoms with van der Waals surface area (Å²) in [5.41, 5.74) is 2.70. The van der Waals surface area contributed by atoms with Crippen LogP contribution >= 0.6 is 0 Å². The van der Waals surface area contributed by atoms with Crippen molar-refractivity contribution in [3.8, 4) is 0 Å². The fourth-order valence-corrected chi connectivity index (χ4v) is 3.78. The number of hydrogen-bond donors (Lipinski definition) is 1. The van der Waals surface area contributed by atoms with Gasteiger partial charge in [-0.1, -0.05) is 49.1 Å². The van der Waals surface area contributed by atoms with Crippen LogP contribution in [0.5, 0.6) is 0 Å². The predicted molar refractivity (Wildman–Crippen MR) is 89.5 cm³/mol. The van der Waals surface area contributed by atoms with E-state index in [2.05, 4.69) is 36.5 Å². The number of nitrogens with one attached hydrogen (secondary N) is 1. The highest BCUT2D eigenvalue weighted by molar-refractivity contribution is 5.81. The predicted octanol–water partition coefficient (Wildman–Crippen LogP) is 2.73. The number of hydrogen-bond acceptors (Lipinski definition) is 3. The van der Waals surface area contributed by atoms with Gasteiger partial charge in [0, 0.05) is 12.0 Å². The van der Waals surface area contributed by atoms with Crippen LogP contribution in [-0.2, 0) is 19.7 Å². The second-order valence-electron chi connectivity index (χ2n) is 6.86. The molecule has 2 aliphatic rings.